The third-order valence-electron chi connectivity index (χ3n) is 5.83. The highest BCUT2D eigenvalue weighted by Gasteiger charge is 2.28. The topological polar surface area (TPSA) is 100 Å². The van der Waals surface area contributed by atoms with E-state index < -0.39 is 5.82 Å². The lowest BCUT2D eigenvalue weighted by molar-refractivity contribution is 0.0829. The molecule has 2 aliphatic rings. The molecule has 1 atom stereocenters. The van der Waals surface area contributed by atoms with Crippen LogP contribution in [0.1, 0.15) is 17.5 Å². The van der Waals surface area contributed by atoms with Gasteiger partial charge in [0.05, 0.1) is 30.1 Å². The molecule has 3 heterocycles. The summed E-state index contributed by atoms with van der Waals surface area (Å²) in [4.78, 5) is 15.3. The lowest BCUT2D eigenvalue weighted by Crippen LogP contribution is -2.46. The largest absolute Gasteiger partial charge is 0.369 e. The number of aromatic nitrogens is 2. The Morgan fingerprint density at radius 3 is 2.82 bits per heavy atom. The maximum atomic E-state index is 14.1. The molecule has 34 heavy (non-hydrogen) atoms. The maximum Gasteiger partial charge on any atom is 0.222 e. The number of hydrogen-bond donors (Lipinski definition) is 1. The highest BCUT2D eigenvalue weighted by Crippen LogP contribution is 2.30. The van der Waals surface area contributed by atoms with Crippen LogP contribution in [0.2, 0.25) is 5.02 Å². The Kier molecular flexibility index (Phi) is 5.97. The summed E-state index contributed by atoms with van der Waals surface area (Å²) in [6.45, 7) is 1.67. The molecule has 2 aliphatic heterocycles. The number of rotatable bonds is 4. The van der Waals surface area contributed by atoms with Gasteiger partial charge in [0.25, 0.3) is 0 Å². The molecule has 1 aromatic heterocycles. The Bertz CT molecular complexity index is 1370. The quantitative estimate of drug-likeness (QED) is 0.598. The molecular weight excluding hydrogens is 455 g/mol. The Labute approximate surface area is 201 Å². The van der Waals surface area contributed by atoms with E-state index in [2.05, 4.69) is 19.9 Å². The van der Waals surface area contributed by atoms with E-state index in [1.54, 1.807) is 12.1 Å². The van der Waals surface area contributed by atoms with E-state index in [0.717, 1.165) is 16.8 Å². The molecule has 1 fully saturated rings. The van der Waals surface area contributed by atoms with Crippen molar-refractivity contribution in [3.63, 3.8) is 0 Å². The summed E-state index contributed by atoms with van der Waals surface area (Å²) in [5.74, 6) is 0.109. The molecule has 0 bridgehead atoms. The number of ether oxygens (including phenoxy) is 1. The molecule has 0 amide bonds. The van der Waals surface area contributed by atoms with Gasteiger partial charge in [-0.1, -0.05) is 29.8 Å². The first-order valence-corrected chi connectivity index (χ1v) is 11.1. The molecule has 1 saturated heterocycles. The van der Waals surface area contributed by atoms with Crippen molar-refractivity contribution in [1.29, 1.82) is 5.26 Å². The van der Waals surface area contributed by atoms with Crippen molar-refractivity contribution in [2.24, 2.45) is 4.99 Å². The Morgan fingerprint density at radius 1 is 1.15 bits per heavy atom. The third kappa shape index (κ3) is 4.49. The molecule has 7 nitrogen and oxygen atoms in total. The minimum Gasteiger partial charge on any atom is -0.369 e. The number of morpholine rings is 1. The number of halogens is 2. The van der Waals surface area contributed by atoms with Crippen LogP contribution in [0.4, 0.5) is 16.2 Å². The molecule has 0 saturated carbocycles. The van der Waals surface area contributed by atoms with Crippen LogP contribution in [-0.2, 0) is 4.74 Å². The lowest BCUT2D eigenvalue weighted by atomic mass is 10.00. The first-order valence-electron chi connectivity index (χ1n) is 10.7. The minimum atomic E-state index is -0.604. The second kappa shape index (κ2) is 9.21. The fraction of sp³-hybridized carbons (Fsp3) is 0.200. The van der Waals surface area contributed by atoms with Gasteiger partial charge in [-0.3, -0.25) is 4.99 Å². The van der Waals surface area contributed by atoms with Gasteiger partial charge in [-0.2, -0.15) is 10.2 Å². The number of anilines is 2. The number of benzene rings is 2. The van der Waals surface area contributed by atoms with E-state index in [4.69, 9.17) is 27.3 Å². The molecule has 0 spiro atoms. The van der Waals surface area contributed by atoms with E-state index >= 15 is 0 Å². The fourth-order valence-electron chi connectivity index (χ4n) is 4.10. The molecule has 3 aromatic rings. The Morgan fingerprint density at radius 2 is 2.03 bits per heavy atom. The average Bonchev–Trinajstić information content (AvgIpc) is 3.34. The van der Waals surface area contributed by atoms with Crippen LogP contribution < -0.4 is 10.6 Å². The first-order chi connectivity index (χ1) is 16.5. The van der Waals surface area contributed by atoms with Crippen LogP contribution in [-0.4, -0.2) is 41.5 Å². The van der Waals surface area contributed by atoms with Crippen LogP contribution in [0.5, 0.6) is 0 Å². The van der Waals surface area contributed by atoms with Gasteiger partial charge in [0.15, 0.2) is 0 Å². The standard InChI is InChI=1S/C25H20ClFN6O/c26-19-3-1-2-15(8-19)18-10-22(30-13-18)23-14-33(6-7-34-23)24-11-21(31-25(29)32-24)16-4-5-17(12-28)20(27)9-16/h1-5,8-9,11,13,23H,6-7,10,14H2,(H2,29,31,32). The number of nitriles is 1. The summed E-state index contributed by atoms with van der Waals surface area (Å²) >= 11 is 6.14. The Balaban J connectivity index is 1.33. The zero-order valence-electron chi connectivity index (χ0n) is 18.1. The first kappa shape index (κ1) is 22.0. The maximum absolute atomic E-state index is 14.1. The highest BCUT2D eigenvalue weighted by molar-refractivity contribution is 6.30. The summed E-state index contributed by atoms with van der Waals surface area (Å²) in [5.41, 5.74) is 10.0. The smallest absolute Gasteiger partial charge is 0.222 e. The molecule has 1 unspecified atom stereocenters. The fourth-order valence-corrected chi connectivity index (χ4v) is 4.29. The number of aliphatic imine (C=N–C) groups is 1. The monoisotopic (exact) mass is 474 g/mol. The summed E-state index contributed by atoms with van der Waals surface area (Å²) in [6.07, 6.45) is 2.35. The lowest BCUT2D eigenvalue weighted by Gasteiger charge is -2.34. The van der Waals surface area contributed by atoms with Crippen LogP contribution in [0.25, 0.3) is 16.8 Å². The van der Waals surface area contributed by atoms with Gasteiger partial charge in [0.1, 0.15) is 23.8 Å². The van der Waals surface area contributed by atoms with Crippen molar-refractivity contribution >= 4 is 34.7 Å². The minimum absolute atomic E-state index is 0.0230. The van der Waals surface area contributed by atoms with Crippen LogP contribution in [0, 0.1) is 17.1 Å². The normalized spacial score (nSPS) is 17.8. The summed E-state index contributed by atoms with van der Waals surface area (Å²) in [5, 5.41) is 9.66. The van der Waals surface area contributed by atoms with E-state index in [1.807, 2.05) is 36.5 Å². The number of hydrogen-bond acceptors (Lipinski definition) is 7. The third-order valence-corrected chi connectivity index (χ3v) is 6.07. The Hall–Kier alpha value is -3.80. The molecular formula is C25H20ClFN6O. The predicted octanol–water partition coefficient (Wildman–Crippen LogP) is 4.48. The molecule has 2 N–H and O–H groups in total. The number of nitrogens with zero attached hydrogens (tertiary/aromatic N) is 5. The summed E-state index contributed by atoms with van der Waals surface area (Å²) < 4.78 is 20.2. The van der Waals surface area contributed by atoms with E-state index in [0.29, 0.717) is 48.2 Å². The molecule has 9 heteroatoms. The van der Waals surface area contributed by atoms with E-state index in [9.17, 15) is 4.39 Å². The van der Waals surface area contributed by atoms with Crippen molar-refractivity contribution in [1.82, 2.24) is 9.97 Å². The van der Waals surface area contributed by atoms with E-state index in [1.165, 1.54) is 12.1 Å². The van der Waals surface area contributed by atoms with Gasteiger partial charge < -0.3 is 15.4 Å². The van der Waals surface area contributed by atoms with Crippen molar-refractivity contribution in [3.05, 3.63) is 76.7 Å². The predicted molar refractivity (Wildman–Crippen MR) is 130 cm³/mol. The van der Waals surface area contributed by atoms with Crippen molar-refractivity contribution in [3.8, 4) is 17.3 Å². The zero-order valence-corrected chi connectivity index (χ0v) is 18.8. The number of allylic oxidation sites excluding steroid dienone is 1. The van der Waals surface area contributed by atoms with Gasteiger partial charge in [0.2, 0.25) is 5.95 Å². The molecule has 0 aliphatic carbocycles. The van der Waals surface area contributed by atoms with Crippen LogP contribution in [0.3, 0.4) is 0 Å². The van der Waals surface area contributed by atoms with Gasteiger partial charge >= 0.3 is 0 Å². The highest BCUT2D eigenvalue weighted by atomic mass is 35.5. The second-order valence-corrected chi connectivity index (χ2v) is 8.48. The second-order valence-electron chi connectivity index (χ2n) is 8.04. The molecule has 170 valence electrons. The van der Waals surface area contributed by atoms with Crippen LogP contribution >= 0.6 is 11.6 Å². The number of nitrogen functional groups attached to an aromatic ring is 1. The molecule has 2 aromatic carbocycles. The van der Waals surface area contributed by atoms with Crippen molar-refractivity contribution in [2.45, 2.75) is 12.5 Å². The zero-order chi connectivity index (χ0) is 23.7. The SMILES string of the molecule is N#Cc1ccc(-c2cc(N3CCOC(C4=NC=C(c5cccc(Cl)c5)C4)C3)nc(N)n2)cc1F. The summed E-state index contributed by atoms with van der Waals surface area (Å²) in [7, 11) is 0. The van der Waals surface area contributed by atoms with Gasteiger partial charge in [-0.15, -0.1) is 0 Å². The average molecular weight is 475 g/mol. The number of nitrogens with two attached hydrogens (primary N) is 1. The van der Waals surface area contributed by atoms with Crippen molar-refractivity contribution in [2.75, 3.05) is 30.3 Å². The molecule has 0 radical (unpaired) electrons. The van der Waals surface area contributed by atoms with Crippen molar-refractivity contribution < 1.29 is 9.13 Å². The van der Waals surface area contributed by atoms with Gasteiger partial charge in [-0.25, -0.2) is 9.37 Å². The molecule has 5 rings (SSSR count). The van der Waals surface area contributed by atoms with E-state index in [-0.39, 0.29) is 17.6 Å². The van der Waals surface area contributed by atoms with Gasteiger partial charge in [-0.05, 0) is 35.4 Å². The summed E-state index contributed by atoms with van der Waals surface area (Å²) in [6, 6.07) is 15.7. The van der Waals surface area contributed by atoms with Crippen LogP contribution in [0.15, 0.2) is 59.7 Å². The van der Waals surface area contributed by atoms with Gasteiger partial charge in [0, 0.05) is 35.8 Å².